The van der Waals surface area contributed by atoms with Crippen LogP contribution in [0.5, 0.6) is 0 Å². The number of nitrogens with two attached hydrogens (primary N) is 1. The van der Waals surface area contributed by atoms with E-state index in [2.05, 4.69) is 17.4 Å². The molecule has 5 nitrogen and oxygen atoms in total. The zero-order chi connectivity index (χ0) is 14.1. The third kappa shape index (κ3) is 2.39. The van der Waals surface area contributed by atoms with Crippen LogP contribution in [-0.4, -0.2) is 47.9 Å². The number of likely N-dealkylation sites (tertiary alicyclic amines) is 1. The number of hydrogen-bond donors (Lipinski definition) is 2. The molecular formula is C15H22N4O. The highest BCUT2D eigenvalue weighted by atomic mass is 16.2. The number of benzene rings is 1. The molecule has 20 heavy (non-hydrogen) atoms. The Balaban J connectivity index is 1.73. The Morgan fingerprint density at radius 3 is 2.60 bits per heavy atom. The van der Waals surface area contributed by atoms with E-state index in [9.17, 15) is 4.79 Å². The summed E-state index contributed by atoms with van der Waals surface area (Å²) in [4.78, 5) is 17.0. The van der Waals surface area contributed by atoms with Gasteiger partial charge >= 0.3 is 0 Å². The minimum atomic E-state index is 0.134. The van der Waals surface area contributed by atoms with Crippen molar-refractivity contribution in [2.24, 2.45) is 5.84 Å². The van der Waals surface area contributed by atoms with Crippen LogP contribution in [0.2, 0.25) is 0 Å². The molecule has 3 rings (SSSR count). The zero-order valence-electron chi connectivity index (χ0n) is 11.9. The van der Waals surface area contributed by atoms with Crippen LogP contribution < -0.4 is 11.3 Å². The summed E-state index contributed by atoms with van der Waals surface area (Å²) in [6.07, 6.45) is 3.57. The van der Waals surface area contributed by atoms with Gasteiger partial charge in [-0.25, -0.2) is 0 Å². The van der Waals surface area contributed by atoms with E-state index in [1.807, 2.05) is 29.2 Å². The molecule has 2 fully saturated rings. The van der Waals surface area contributed by atoms with Crippen LogP contribution in [0.4, 0.5) is 5.69 Å². The van der Waals surface area contributed by atoms with Gasteiger partial charge in [-0.1, -0.05) is 0 Å². The lowest BCUT2D eigenvalue weighted by Crippen LogP contribution is -2.39. The number of carbonyl (C=O) groups is 1. The summed E-state index contributed by atoms with van der Waals surface area (Å²) in [5.41, 5.74) is 4.13. The molecule has 2 heterocycles. The molecule has 3 N–H and O–H groups in total. The lowest BCUT2D eigenvalue weighted by atomic mass is 10.1. The Bertz CT molecular complexity index is 487. The van der Waals surface area contributed by atoms with Crippen molar-refractivity contribution < 1.29 is 4.79 Å². The van der Waals surface area contributed by atoms with Crippen molar-refractivity contribution in [3.63, 3.8) is 0 Å². The van der Waals surface area contributed by atoms with Gasteiger partial charge in [-0.3, -0.25) is 15.5 Å². The second-order valence-corrected chi connectivity index (χ2v) is 5.81. The molecule has 1 aromatic rings. The Kier molecular flexibility index (Phi) is 3.63. The Morgan fingerprint density at radius 1 is 1.20 bits per heavy atom. The van der Waals surface area contributed by atoms with Crippen LogP contribution >= 0.6 is 0 Å². The highest BCUT2D eigenvalue weighted by Gasteiger charge is 2.36. The number of rotatable bonds is 2. The Morgan fingerprint density at radius 2 is 1.90 bits per heavy atom. The number of hydrazine groups is 1. The summed E-state index contributed by atoms with van der Waals surface area (Å²) in [5, 5.41) is 0. The summed E-state index contributed by atoms with van der Waals surface area (Å²) in [6.45, 7) is 1.71. The number of amides is 1. The highest BCUT2D eigenvalue weighted by molar-refractivity contribution is 5.94. The number of anilines is 1. The smallest absolute Gasteiger partial charge is 0.253 e. The van der Waals surface area contributed by atoms with Gasteiger partial charge in [0.2, 0.25) is 0 Å². The molecule has 2 saturated heterocycles. The summed E-state index contributed by atoms with van der Waals surface area (Å²) < 4.78 is 0. The molecule has 2 bridgehead atoms. The number of fused-ring (bicyclic) bond motifs is 2. The van der Waals surface area contributed by atoms with E-state index in [1.54, 1.807) is 0 Å². The van der Waals surface area contributed by atoms with Crippen molar-refractivity contribution in [2.45, 2.75) is 31.3 Å². The second kappa shape index (κ2) is 5.42. The van der Waals surface area contributed by atoms with Gasteiger partial charge in [-0.15, -0.1) is 0 Å². The molecule has 0 radical (unpaired) electrons. The predicted molar refractivity (Wildman–Crippen MR) is 79.3 cm³/mol. The number of nitrogens with one attached hydrogen (secondary N) is 1. The maximum absolute atomic E-state index is 12.6. The topological polar surface area (TPSA) is 61.6 Å². The third-order valence-corrected chi connectivity index (χ3v) is 4.73. The first kappa shape index (κ1) is 13.4. The van der Waals surface area contributed by atoms with Gasteiger partial charge in [0.05, 0.1) is 0 Å². The predicted octanol–water partition coefficient (Wildman–Crippen LogP) is 1.28. The van der Waals surface area contributed by atoms with Crippen molar-refractivity contribution in [1.82, 2.24) is 9.80 Å². The normalized spacial score (nSPS) is 26.4. The van der Waals surface area contributed by atoms with E-state index in [-0.39, 0.29) is 5.91 Å². The first-order chi connectivity index (χ1) is 9.69. The van der Waals surface area contributed by atoms with Gasteiger partial charge in [-0.2, -0.15) is 0 Å². The van der Waals surface area contributed by atoms with Crippen LogP contribution in [0, 0.1) is 0 Å². The number of carbonyl (C=O) groups excluding carboxylic acids is 1. The van der Waals surface area contributed by atoms with Crippen LogP contribution in [0.25, 0.3) is 0 Å². The molecule has 0 saturated carbocycles. The molecule has 0 aliphatic carbocycles. The summed E-state index contributed by atoms with van der Waals surface area (Å²) >= 11 is 0. The molecular weight excluding hydrogens is 252 g/mol. The lowest BCUT2D eigenvalue weighted by Gasteiger charge is -2.26. The fourth-order valence-electron chi connectivity index (χ4n) is 3.38. The maximum Gasteiger partial charge on any atom is 0.253 e. The van der Waals surface area contributed by atoms with Gasteiger partial charge in [0, 0.05) is 36.4 Å². The van der Waals surface area contributed by atoms with E-state index in [1.165, 1.54) is 12.8 Å². The SMILES string of the molecule is CN1C2CCC1CN(C(=O)c1ccc(NN)cc1)CC2. The fourth-order valence-corrected chi connectivity index (χ4v) is 3.38. The largest absolute Gasteiger partial charge is 0.337 e. The molecule has 2 aliphatic rings. The molecule has 2 atom stereocenters. The van der Waals surface area contributed by atoms with Crippen molar-refractivity contribution in [2.75, 3.05) is 25.6 Å². The van der Waals surface area contributed by atoms with E-state index in [0.717, 1.165) is 30.8 Å². The number of likely N-dealkylation sites (N-methyl/N-ethyl adjacent to an activating group) is 1. The van der Waals surface area contributed by atoms with Gasteiger partial charge in [0.15, 0.2) is 0 Å². The molecule has 1 aromatic carbocycles. The summed E-state index contributed by atoms with van der Waals surface area (Å²) in [7, 11) is 2.19. The second-order valence-electron chi connectivity index (χ2n) is 5.81. The third-order valence-electron chi connectivity index (χ3n) is 4.73. The van der Waals surface area contributed by atoms with Crippen molar-refractivity contribution in [1.29, 1.82) is 0 Å². The summed E-state index contributed by atoms with van der Waals surface area (Å²) in [6, 6.07) is 8.53. The standard InChI is InChI=1S/C15H22N4O/c1-18-13-6-7-14(18)10-19(9-8-13)15(20)11-2-4-12(17-16)5-3-11/h2-5,13-14,17H,6-10,16H2,1H3. The minimum Gasteiger partial charge on any atom is -0.337 e. The zero-order valence-corrected chi connectivity index (χ0v) is 11.9. The number of nitrogens with zero attached hydrogens (tertiary/aromatic N) is 2. The summed E-state index contributed by atoms with van der Waals surface area (Å²) in [5.74, 6) is 5.48. The molecule has 2 aliphatic heterocycles. The van der Waals surface area contributed by atoms with Crippen LogP contribution in [0.1, 0.15) is 29.6 Å². The van der Waals surface area contributed by atoms with Crippen molar-refractivity contribution >= 4 is 11.6 Å². The monoisotopic (exact) mass is 274 g/mol. The van der Waals surface area contributed by atoms with Gasteiger partial charge in [0.1, 0.15) is 0 Å². The van der Waals surface area contributed by atoms with E-state index in [4.69, 9.17) is 5.84 Å². The minimum absolute atomic E-state index is 0.134. The highest BCUT2D eigenvalue weighted by Crippen LogP contribution is 2.29. The maximum atomic E-state index is 12.6. The van der Waals surface area contributed by atoms with Crippen LogP contribution in [-0.2, 0) is 0 Å². The van der Waals surface area contributed by atoms with Crippen molar-refractivity contribution in [3.8, 4) is 0 Å². The van der Waals surface area contributed by atoms with Crippen LogP contribution in [0.15, 0.2) is 24.3 Å². The van der Waals surface area contributed by atoms with E-state index in [0.29, 0.717) is 12.1 Å². The Hall–Kier alpha value is -1.59. The number of hydrogen-bond acceptors (Lipinski definition) is 4. The fraction of sp³-hybridized carbons (Fsp3) is 0.533. The van der Waals surface area contributed by atoms with Crippen molar-refractivity contribution in [3.05, 3.63) is 29.8 Å². The first-order valence-corrected chi connectivity index (χ1v) is 7.27. The van der Waals surface area contributed by atoms with E-state index >= 15 is 0 Å². The van der Waals surface area contributed by atoms with Gasteiger partial charge in [0.25, 0.3) is 5.91 Å². The average molecular weight is 274 g/mol. The molecule has 108 valence electrons. The average Bonchev–Trinajstić information content (AvgIpc) is 2.72. The van der Waals surface area contributed by atoms with Gasteiger partial charge in [-0.05, 0) is 50.6 Å². The van der Waals surface area contributed by atoms with Crippen LogP contribution in [0.3, 0.4) is 0 Å². The quantitative estimate of drug-likeness (QED) is 0.630. The number of nitrogen functional groups attached to an aromatic ring is 1. The molecule has 2 unspecified atom stereocenters. The lowest BCUT2D eigenvalue weighted by molar-refractivity contribution is 0.0740. The molecule has 0 aromatic heterocycles. The van der Waals surface area contributed by atoms with E-state index < -0.39 is 0 Å². The van der Waals surface area contributed by atoms with Gasteiger partial charge < -0.3 is 10.3 Å². The molecule has 5 heteroatoms. The first-order valence-electron chi connectivity index (χ1n) is 7.27. The molecule has 0 spiro atoms. The Labute approximate surface area is 119 Å². The molecule has 1 amide bonds.